The number of halogens is 2. The number of hydrogen-bond donors (Lipinski definition) is 1. The van der Waals surface area contributed by atoms with E-state index >= 15 is 0 Å². The first kappa shape index (κ1) is 12.9. The van der Waals surface area contributed by atoms with Crippen molar-refractivity contribution in [3.8, 4) is 0 Å². The lowest BCUT2D eigenvalue weighted by atomic mass is 10.1. The highest BCUT2D eigenvalue weighted by Crippen LogP contribution is 2.35. The Labute approximate surface area is 127 Å². The smallest absolute Gasteiger partial charge is 0.287 e. The van der Waals surface area contributed by atoms with Crippen LogP contribution in [0.5, 0.6) is 0 Å². The fourth-order valence-corrected chi connectivity index (χ4v) is 3.44. The molecule has 5 heteroatoms. The summed E-state index contributed by atoms with van der Waals surface area (Å²) in [6.07, 6.45) is 0.920. The summed E-state index contributed by atoms with van der Waals surface area (Å²) in [7, 11) is 0. The van der Waals surface area contributed by atoms with E-state index in [1.165, 1.54) is 11.1 Å². The zero-order valence-corrected chi connectivity index (χ0v) is 13.1. The number of alkyl halides is 1. The third-order valence-corrected chi connectivity index (χ3v) is 4.53. The van der Waals surface area contributed by atoms with E-state index in [4.69, 9.17) is 4.42 Å². The van der Waals surface area contributed by atoms with E-state index < -0.39 is 0 Å². The van der Waals surface area contributed by atoms with Crippen LogP contribution in [0.4, 0.5) is 0 Å². The molecule has 1 N–H and O–H groups in total. The Morgan fingerprint density at radius 3 is 2.79 bits per heavy atom. The van der Waals surface area contributed by atoms with Crippen molar-refractivity contribution in [2.45, 2.75) is 17.3 Å². The van der Waals surface area contributed by atoms with Gasteiger partial charge in [-0.15, -0.1) is 0 Å². The Kier molecular flexibility index (Phi) is 3.50. The highest BCUT2D eigenvalue weighted by Gasteiger charge is 2.32. The second-order valence-corrected chi connectivity index (χ2v) is 6.43. The molecule has 0 fully saturated rings. The normalized spacial score (nSPS) is 21.2. The van der Waals surface area contributed by atoms with Crippen LogP contribution in [0, 0.1) is 0 Å². The molecule has 0 saturated carbocycles. The molecule has 2 unspecified atom stereocenters. The van der Waals surface area contributed by atoms with Crippen LogP contribution in [-0.4, -0.2) is 10.7 Å². The molecule has 98 valence electrons. The van der Waals surface area contributed by atoms with Gasteiger partial charge in [-0.2, -0.15) is 0 Å². The number of benzene rings is 1. The molecular formula is C14H11Br2NO2. The molecule has 19 heavy (non-hydrogen) atoms. The molecule has 3 rings (SSSR count). The number of carbonyl (C=O) groups excluding carboxylic acids is 1. The molecule has 0 spiro atoms. The van der Waals surface area contributed by atoms with E-state index in [9.17, 15) is 4.79 Å². The van der Waals surface area contributed by atoms with E-state index in [1.807, 2.05) is 12.1 Å². The highest BCUT2D eigenvalue weighted by atomic mass is 79.9. The number of carbonyl (C=O) groups is 1. The maximum Gasteiger partial charge on any atom is 0.287 e. The summed E-state index contributed by atoms with van der Waals surface area (Å²) in [5.74, 6) is 0.118. The summed E-state index contributed by atoms with van der Waals surface area (Å²) in [5.41, 5.74) is 2.44. The lowest BCUT2D eigenvalue weighted by Crippen LogP contribution is -2.31. The van der Waals surface area contributed by atoms with Gasteiger partial charge in [0, 0.05) is 4.83 Å². The molecule has 2 aromatic rings. The van der Waals surface area contributed by atoms with Gasteiger partial charge in [0.05, 0.1) is 6.04 Å². The first-order valence-electron chi connectivity index (χ1n) is 5.93. The Hall–Kier alpha value is -1.07. The average Bonchev–Trinajstić information content (AvgIpc) is 2.95. The number of amides is 1. The lowest BCUT2D eigenvalue weighted by molar-refractivity contribution is 0.0908. The fourth-order valence-electron chi connectivity index (χ4n) is 2.36. The second kappa shape index (κ2) is 5.13. The molecule has 0 bridgehead atoms. The van der Waals surface area contributed by atoms with Crippen LogP contribution >= 0.6 is 31.9 Å². The van der Waals surface area contributed by atoms with Crippen LogP contribution in [0.1, 0.15) is 27.7 Å². The zero-order valence-electron chi connectivity index (χ0n) is 9.90. The van der Waals surface area contributed by atoms with Crippen LogP contribution in [0.2, 0.25) is 0 Å². The van der Waals surface area contributed by atoms with E-state index in [-0.39, 0.29) is 16.8 Å². The number of fused-ring (bicyclic) bond motifs is 1. The Morgan fingerprint density at radius 1 is 1.26 bits per heavy atom. The number of nitrogens with one attached hydrogen (secondary N) is 1. The molecule has 1 aliphatic rings. The molecule has 1 aromatic carbocycles. The largest absolute Gasteiger partial charge is 0.444 e. The van der Waals surface area contributed by atoms with Gasteiger partial charge in [0.25, 0.3) is 5.91 Å². The number of furan rings is 1. The summed E-state index contributed by atoms with van der Waals surface area (Å²) >= 11 is 6.83. The standard InChI is InChI=1S/C14H11Br2NO2/c15-10-7-8-3-1-2-4-9(8)13(10)17-14(18)11-5-6-12(16)19-11/h1-6,10,13H,7H2,(H,17,18). The van der Waals surface area contributed by atoms with Crippen molar-refractivity contribution in [1.29, 1.82) is 0 Å². The van der Waals surface area contributed by atoms with Crippen molar-refractivity contribution < 1.29 is 9.21 Å². The summed E-state index contributed by atoms with van der Waals surface area (Å²) in [6, 6.07) is 11.5. The maximum atomic E-state index is 12.1. The van der Waals surface area contributed by atoms with Crippen molar-refractivity contribution in [2.24, 2.45) is 0 Å². The predicted molar refractivity (Wildman–Crippen MR) is 79.5 cm³/mol. The minimum atomic E-state index is -0.197. The second-order valence-electron chi connectivity index (χ2n) is 4.47. The van der Waals surface area contributed by atoms with Crippen LogP contribution < -0.4 is 5.32 Å². The Morgan fingerprint density at radius 2 is 2.05 bits per heavy atom. The lowest BCUT2D eigenvalue weighted by Gasteiger charge is -2.16. The van der Waals surface area contributed by atoms with Gasteiger partial charge in [0.15, 0.2) is 10.4 Å². The first-order valence-corrected chi connectivity index (χ1v) is 7.64. The summed E-state index contributed by atoms with van der Waals surface area (Å²) in [6.45, 7) is 0. The zero-order chi connectivity index (χ0) is 13.4. The molecule has 3 nitrogen and oxygen atoms in total. The monoisotopic (exact) mass is 383 g/mol. The van der Waals surface area contributed by atoms with E-state index in [0.717, 1.165) is 6.42 Å². The van der Waals surface area contributed by atoms with E-state index in [0.29, 0.717) is 10.4 Å². The molecule has 0 saturated heterocycles. The first-order chi connectivity index (χ1) is 9.15. The van der Waals surface area contributed by atoms with Gasteiger partial charge in [-0.25, -0.2) is 0 Å². The maximum absolute atomic E-state index is 12.1. The van der Waals surface area contributed by atoms with Gasteiger partial charge in [-0.3, -0.25) is 4.79 Å². The van der Waals surface area contributed by atoms with Gasteiger partial charge in [0.1, 0.15) is 0 Å². The van der Waals surface area contributed by atoms with Gasteiger partial charge in [0.2, 0.25) is 0 Å². The minimum Gasteiger partial charge on any atom is -0.444 e. The highest BCUT2D eigenvalue weighted by molar-refractivity contribution is 9.10. The van der Waals surface area contributed by atoms with Crippen molar-refractivity contribution in [1.82, 2.24) is 5.32 Å². The van der Waals surface area contributed by atoms with Gasteiger partial charge < -0.3 is 9.73 Å². The van der Waals surface area contributed by atoms with Gasteiger partial charge >= 0.3 is 0 Å². The topological polar surface area (TPSA) is 42.2 Å². The van der Waals surface area contributed by atoms with Crippen LogP contribution in [-0.2, 0) is 6.42 Å². The Bertz CT molecular complexity index is 623. The summed E-state index contributed by atoms with van der Waals surface area (Å²) < 4.78 is 5.82. The van der Waals surface area contributed by atoms with Crippen molar-refractivity contribution in [2.75, 3.05) is 0 Å². The van der Waals surface area contributed by atoms with Crippen LogP contribution in [0.25, 0.3) is 0 Å². The van der Waals surface area contributed by atoms with Crippen LogP contribution in [0.3, 0.4) is 0 Å². The average molecular weight is 385 g/mol. The molecule has 0 radical (unpaired) electrons. The number of hydrogen-bond acceptors (Lipinski definition) is 2. The minimum absolute atomic E-state index is 0.0208. The molecule has 1 aliphatic carbocycles. The molecule has 1 heterocycles. The van der Waals surface area contributed by atoms with Gasteiger partial charge in [-0.1, -0.05) is 40.2 Å². The third-order valence-electron chi connectivity index (χ3n) is 3.25. The van der Waals surface area contributed by atoms with E-state index in [1.54, 1.807) is 12.1 Å². The van der Waals surface area contributed by atoms with Crippen LogP contribution in [0.15, 0.2) is 45.5 Å². The molecule has 2 atom stereocenters. The molecule has 1 amide bonds. The molecule has 1 aromatic heterocycles. The third kappa shape index (κ3) is 2.49. The summed E-state index contributed by atoms with van der Waals surface area (Å²) in [4.78, 5) is 12.3. The SMILES string of the molecule is O=C(NC1c2ccccc2CC1Br)c1ccc(Br)o1. The quantitative estimate of drug-likeness (QED) is 0.799. The molecular weight excluding hydrogens is 374 g/mol. The Balaban J connectivity index is 1.82. The van der Waals surface area contributed by atoms with Crippen molar-refractivity contribution in [3.05, 3.63) is 58.0 Å². The molecule has 0 aliphatic heterocycles. The summed E-state index contributed by atoms with van der Waals surface area (Å²) in [5, 5.41) is 3.01. The number of rotatable bonds is 2. The van der Waals surface area contributed by atoms with Crippen molar-refractivity contribution in [3.63, 3.8) is 0 Å². The predicted octanol–water partition coefficient (Wildman–Crippen LogP) is 3.83. The van der Waals surface area contributed by atoms with Gasteiger partial charge in [-0.05, 0) is 45.6 Å². The van der Waals surface area contributed by atoms with E-state index in [2.05, 4.69) is 49.3 Å². The fraction of sp³-hybridized carbons (Fsp3) is 0.214. The van der Waals surface area contributed by atoms with Crippen molar-refractivity contribution >= 4 is 37.8 Å².